The van der Waals surface area contributed by atoms with Gasteiger partial charge in [-0.25, -0.2) is 4.98 Å². The van der Waals surface area contributed by atoms with E-state index in [1.807, 2.05) is 26.1 Å². The van der Waals surface area contributed by atoms with Gasteiger partial charge in [0, 0.05) is 50.4 Å². The number of carbonyl (C=O) groups excluding carboxylic acids is 3. The predicted octanol–water partition coefficient (Wildman–Crippen LogP) is 3.50. The smallest absolute Gasteiger partial charge is 0.270 e. The fourth-order valence-corrected chi connectivity index (χ4v) is 7.48. The summed E-state index contributed by atoms with van der Waals surface area (Å²) in [5, 5.41) is 4.94. The van der Waals surface area contributed by atoms with Crippen LogP contribution in [0.3, 0.4) is 0 Å². The average Bonchev–Trinajstić information content (AvgIpc) is 3.11. The number of piperidine rings is 3. The molecule has 0 aliphatic carbocycles. The normalized spacial score (nSPS) is 19.4. The van der Waals surface area contributed by atoms with Crippen molar-refractivity contribution in [3.05, 3.63) is 69.4 Å². The van der Waals surface area contributed by atoms with Gasteiger partial charge in [0.15, 0.2) is 0 Å². The summed E-state index contributed by atoms with van der Waals surface area (Å²) >= 11 is 0. The summed E-state index contributed by atoms with van der Waals surface area (Å²) in [4.78, 5) is 57.7. The largest absolute Gasteiger partial charge is 0.496 e. The summed E-state index contributed by atoms with van der Waals surface area (Å²) in [6.07, 6.45) is 8.54. The summed E-state index contributed by atoms with van der Waals surface area (Å²) in [5.74, 6) is 0.336. The molecule has 0 saturated carbocycles. The Morgan fingerprint density at radius 3 is 2.22 bits per heavy atom. The molecule has 260 valence electrons. The van der Waals surface area contributed by atoms with E-state index in [1.54, 1.807) is 38.1 Å². The molecule has 0 bridgehead atoms. The van der Waals surface area contributed by atoms with E-state index in [9.17, 15) is 19.2 Å². The third-order valence-electron chi connectivity index (χ3n) is 10.9. The van der Waals surface area contributed by atoms with Gasteiger partial charge in [-0.2, -0.15) is 0 Å². The maximum atomic E-state index is 12.7. The summed E-state index contributed by atoms with van der Waals surface area (Å²) in [6.45, 7) is 8.41. The molecule has 0 radical (unpaired) electrons. The van der Waals surface area contributed by atoms with Gasteiger partial charge in [-0.15, -0.1) is 0 Å². The van der Waals surface area contributed by atoms with Crippen LogP contribution in [0.15, 0.2) is 41.5 Å². The number of rotatable bonds is 8. The Balaban J connectivity index is 1.05. The van der Waals surface area contributed by atoms with Gasteiger partial charge < -0.3 is 24.3 Å². The molecule has 1 atom stereocenters. The van der Waals surface area contributed by atoms with Gasteiger partial charge in [-0.05, 0) is 99.8 Å². The van der Waals surface area contributed by atoms with E-state index in [-0.39, 0.29) is 30.0 Å². The van der Waals surface area contributed by atoms with Crippen molar-refractivity contribution in [3.63, 3.8) is 0 Å². The minimum Gasteiger partial charge on any atom is -0.496 e. The van der Waals surface area contributed by atoms with Crippen molar-refractivity contribution in [2.45, 2.75) is 65.0 Å². The van der Waals surface area contributed by atoms with Crippen LogP contribution >= 0.6 is 0 Å². The minimum atomic E-state index is -0.729. The zero-order chi connectivity index (χ0) is 34.9. The standard InChI is InChI=1S/C37H46N6O6/c1-23-24(2)36(47)41(3)21-27(23)25-18-31(48-4)28(32(19-25)49-5)22-42-14-10-37(11-15-42)12-16-43(17-13-37)26-6-7-29(38-20-26)34(45)39-30-8-9-33(44)40-35(30)46/h6-7,18-21,30H,8-17,22H2,1-5H3,(H,39,45)(H,40,44,46). The molecule has 3 amide bonds. The highest BCUT2D eigenvalue weighted by molar-refractivity contribution is 6.03. The molecular formula is C37H46N6O6. The molecule has 3 aromatic rings. The molecule has 6 rings (SSSR count). The van der Waals surface area contributed by atoms with Gasteiger partial charge in [0.05, 0.1) is 31.7 Å². The number of carbonyl (C=O) groups is 3. The number of hydrogen-bond acceptors (Lipinski definition) is 9. The molecule has 2 N–H and O–H groups in total. The van der Waals surface area contributed by atoms with Crippen molar-refractivity contribution in [3.8, 4) is 22.6 Å². The highest BCUT2D eigenvalue weighted by Gasteiger charge is 2.38. The Kier molecular flexibility index (Phi) is 9.78. The Labute approximate surface area is 286 Å². The minimum absolute atomic E-state index is 0.00674. The Morgan fingerprint density at radius 1 is 0.980 bits per heavy atom. The molecular weight excluding hydrogens is 624 g/mol. The molecule has 2 aromatic heterocycles. The van der Waals surface area contributed by atoms with Crippen LogP contribution in [0.4, 0.5) is 5.69 Å². The number of hydrogen-bond donors (Lipinski definition) is 2. The number of aromatic nitrogens is 2. The van der Waals surface area contributed by atoms with E-state index in [1.165, 1.54) is 0 Å². The molecule has 3 saturated heterocycles. The molecule has 49 heavy (non-hydrogen) atoms. The van der Waals surface area contributed by atoms with E-state index >= 15 is 0 Å². The highest BCUT2D eigenvalue weighted by atomic mass is 16.5. The number of pyridine rings is 2. The lowest BCUT2D eigenvalue weighted by Crippen LogP contribution is -2.52. The number of anilines is 1. The lowest BCUT2D eigenvalue weighted by atomic mass is 9.71. The predicted molar refractivity (Wildman–Crippen MR) is 186 cm³/mol. The number of ether oxygens (including phenoxy) is 2. The number of likely N-dealkylation sites (tertiary alicyclic amines) is 1. The van der Waals surface area contributed by atoms with Crippen LogP contribution in [0, 0.1) is 19.3 Å². The van der Waals surface area contributed by atoms with Crippen molar-refractivity contribution in [2.75, 3.05) is 45.3 Å². The quantitative estimate of drug-likeness (QED) is 0.346. The van der Waals surface area contributed by atoms with Crippen LogP contribution < -0.4 is 30.6 Å². The van der Waals surface area contributed by atoms with Crippen LogP contribution in [0.1, 0.15) is 65.7 Å². The molecule has 5 heterocycles. The second kappa shape index (κ2) is 14.0. The average molecular weight is 671 g/mol. The van der Waals surface area contributed by atoms with E-state index in [0.717, 1.165) is 103 Å². The van der Waals surface area contributed by atoms with E-state index in [0.29, 0.717) is 5.41 Å². The van der Waals surface area contributed by atoms with Gasteiger partial charge in [0.25, 0.3) is 11.5 Å². The van der Waals surface area contributed by atoms with Crippen molar-refractivity contribution < 1.29 is 23.9 Å². The van der Waals surface area contributed by atoms with Crippen LogP contribution in [-0.4, -0.2) is 78.6 Å². The second-order valence-corrected chi connectivity index (χ2v) is 13.7. The van der Waals surface area contributed by atoms with Gasteiger partial charge >= 0.3 is 0 Å². The number of amides is 3. The monoisotopic (exact) mass is 670 g/mol. The number of nitrogens with one attached hydrogen (secondary N) is 2. The SMILES string of the molecule is COc1cc(-c2cn(C)c(=O)c(C)c2C)cc(OC)c1CN1CCC2(CC1)CCN(c1ccc(C(=O)NC3CCC(=O)NC3=O)nc1)CC2. The van der Waals surface area contributed by atoms with Gasteiger partial charge in [0.2, 0.25) is 11.8 Å². The zero-order valence-electron chi connectivity index (χ0n) is 29.1. The number of methoxy groups -OCH3 is 2. The molecule has 12 nitrogen and oxygen atoms in total. The van der Waals surface area contributed by atoms with Gasteiger partial charge in [-0.1, -0.05) is 0 Å². The van der Waals surface area contributed by atoms with Gasteiger partial charge in [-0.3, -0.25) is 29.4 Å². The third kappa shape index (κ3) is 7.05. The van der Waals surface area contributed by atoms with Crippen molar-refractivity contribution in [1.29, 1.82) is 0 Å². The summed E-state index contributed by atoms with van der Waals surface area (Å²) < 4.78 is 13.4. The lowest BCUT2D eigenvalue weighted by molar-refractivity contribution is -0.134. The first-order chi connectivity index (χ1) is 23.5. The zero-order valence-corrected chi connectivity index (χ0v) is 29.1. The number of imide groups is 1. The van der Waals surface area contributed by atoms with Crippen molar-refractivity contribution in [1.82, 2.24) is 25.1 Å². The fraction of sp³-hybridized carbons (Fsp3) is 0.486. The van der Waals surface area contributed by atoms with Crippen molar-refractivity contribution in [2.24, 2.45) is 12.5 Å². The summed E-state index contributed by atoms with van der Waals surface area (Å²) in [6, 6.07) is 6.99. The topological polar surface area (TPSA) is 135 Å². The van der Waals surface area contributed by atoms with Crippen LogP contribution in [0.5, 0.6) is 11.5 Å². The molecule has 12 heteroatoms. The van der Waals surface area contributed by atoms with Gasteiger partial charge in [0.1, 0.15) is 23.2 Å². The molecule has 1 aromatic carbocycles. The summed E-state index contributed by atoms with van der Waals surface area (Å²) in [5.41, 5.74) is 6.19. The first kappa shape index (κ1) is 34.2. The number of benzene rings is 1. The molecule has 3 aliphatic rings. The van der Waals surface area contributed by atoms with Crippen LogP contribution in [-0.2, 0) is 23.2 Å². The molecule has 1 unspecified atom stereocenters. The molecule has 3 fully saturated rings. The van der Waals surface area contributed by atoms with Crippen LogP contribution in [0.25, 0.3) is 11.1 Å². The number of aryl methyl sites for hydroxylation is 1. The third-order valence-corrected chi connectivity index (χ3v) is 10.9. The Hall–Kier alpha value is -4.71. The van der Waals surface area contributed by atoms with Crippen LogP contribution in [0.2, 0.25) is 0 Å². The molecule has 1 spiro atoms. The first-order valence-corrected chi connectivity index (χ1v) is 17.0. The Bertz CT molecular complexity index is 1780. The maximum Gasteiger partial charge on any atom is 0.270 e. The second-order valence-electron chi connectivity index (χ2n) is 13.7. The fourth-order valence-electron chi connectivity index (χ4n) is 7.48. The number of nitrogens with zero attached hydrogens (tertiary/aromatic N) is 4. The Morgan fingerprint density at radius 2 is 1.63 bits per heavy atom. The maximum absolute atomic E-state index is 12.7. The first-order valence-electron chi connectivity index (χ1n) is 17.0. The van der Waals surface area contributed by atoms with E-state index in [4.69, 9.17) is 9.47 Å². The van der Waals surface area contributed by atoms with Crippen molar-refractivity contribution >= 4 is 23.4 Å². The lowest BCUT2D eigenvalue weighted by Gasteiger charge is -2.47. The highest BCUT2D eigenvalue weighted by Crippen LogP contribution is 2.43. The summed E-state index contributed by atoms with van der Waals surface area (Å²) in [7, 11) is 5.16. The van der Waals surface area contributed by atoms with E-state index < -0.39 is 17.9 Å². The van der Waals surface area contributed by atoms with E-state index in [2.05, 4.69) is 37.6 Å². The molecule has 3 aliphatic heterocycles.